The molecule has 0 aromatic heterocycles. The molecule has 0 radical (unpaired) electrons. The minimum absolute atomic E-state index is 0.0648. The van der Waals surface area contributed by atoms with E-state index in [1.807, 2.05) is 0 Å². The highest BCUT2D eigenvalue weighted by Gasteiger charge is 2.09. The van der Waals surface area contributed by atoms with E-state index in [1.165, 1.54) is 5.56 Å². The number of aliphatic carboxylic acids is 1. The first-order valence-electron chi connectivity index (χ1n) is 7.06. The van der Waals surface area contributed by atoms with E-state index in [9.17, 15) is 9.59 Å². The predicted octanol–water partition coefficient (Wildman–Crippen LogP) is 2.50. The molecule has 20 heavy (non-hydrogen) atoms. The van der Waals surface area contributed by atoms with Crippen LogP contribution in [0.15, 0.2) is 24.3 Å². The van der Waals surface area contributed by atoms with Crippen LogP contribution in [0, 0.1) is 0 Å². The van der Waals surface area contributed by atoms with E-state index >= 15 is 0 Å². The molecule has 0 saturated carbocycles. The molecule has 4 nitrogen and oxygen atoms in total. The average molecular weight is 277 g/mol. The van der Waals surface area contributed by atoms with Crippen LogP contribution >= 0.6 is 0 Å². The monoisotopic (exact) mass is 277 g/mol. The molecule has 0 bridgehead atoms. The molecule has 110 valence electrons. The van der Waals surface area contributed by atoms with Gasteiger partial charge in [0.25, 0.3) is 0 Å². The lowest BCUT2D eigenvalue weighted by molar-refractivity contribution is -0.138. The number of carbonyl (C=O) groups excluding carboxylic acids is 1. The molecule has 1 amide bonds. The highest BCUT2D eigenvalue weighted by atomic mass is 16.4. The summed E-state index contributed by atoms with van der Waals surface area (Å²) in [6, 6.07) is 8.32. The number of nitrogens with zero attached hydrogens (tertiary/aromatic N) is 1. The Balaban J connectivity index is 2.32. The van der Waals surface area contributed by atoms with Gasteiger partial charge in [0, 0.05) is 26.4 Å². The summed E-state index contributed by atoms with van der Waals surface area (Å²) in [5.74, 6) is -0.753. The number of hydrogen-bond acceptors (Lipinski definition) is 2. The molecular formula is C16H23NO3. The summed E-state index contributed by atoms with van der Waals surface area (Å²) >= 11 is 0. The maximum Gasteiger partial charge on any atom is 0.303 e. The zero-order valence-corrected chi connectivity index (χ0v) is 12.3. The summed E-state index contributed by atoms with van der Waals surface area (Å²) in [5.41, 5.74) is 2.46. The minimum Gasteiger partial charge on any atom is -0.481 e. The normalized spacial score (nSPS) is 10.3. The van der Waals surface area contributed by atoms with Gasteiger partial charge in [0.05, 0.1) is 0 Å². The van der Waals surface area contributed by atoms with Gasteiger partial charge in [-0.2, -0.15) is 0 Å². The van der Waals surface area contributed by atoms with E-state index in [-0.39, 0.29) is 12.3 Å². The van der Waals surface area contributed by atoms with Crippen LogP contribution in [-0.4, -0.2) is 35.5 Å². The molecular weight excluding hydrogens is 254 g/mol. The fraction of sp³-hybridized carbons (Fsp3) is 0.500. The lowest BCUT2D eigenvalue weighted by Crippen LogP contribution is -2.28. The third-order valence-electron chi connectivity index (χ3n) is 3.37. The Morgan fingerprint density at radius 2 is 1.70 bits per heavy atom. The molecule has 0 saturated heterocycles. The topological polar surface area (TPSA) is 57.6 Å². The Bertz CT molecular complexity index is 440. The Morgan fingerprint density at radius 1 is 1.10 bits per heavy atom. The molecule has 1 N–H and O–H groups in total. The van der Waals surface area contributed by atoms with E-state index in [0.29, 0.717) is 19.4 Å². The van der Waals surface area contributed by atoms with Crippen LogP contribution in [-0.2, 0) is 22.4 Å². The quantitative estimate of drug-likeness (QED) is 0.794. The molecule has 1 aromatic rings. The van der Waals surface area contributed by atoms with Crippen molar-refractivity contribution in [2.24, 2.45) is 0 Å². The van der Waals surface area contributed by atoms with Crippen LogP contribution in [0.3, 0.4) is 0 Å². The summed E-state index contributed by atoms with van der Waals surface area (Å²) in [6.07, 6.45) is 2.82. The Labute approximate surface area is 120 Å². The van der Waals surface area contributed by atoms with Gasteiger partial charge >= 0.3 is 5.97 Å². The van der Waals surface area contributed by atoms with Gasteiger partial charge in [0.2, 0.25) is 5.91 Å². The number of amides is 1. The van der Waals surface area contributed by atoms with E-state index in [1.54, 1.807) is 11.9 Å². The predicted molar refractivity (Wildman–Crippen MR) is 78.6 cm³/mol. The van der Waals surface area contributed by atoms with Gasteiger partial charge in [-0.25, -0.2) is 0 Å². The SMILES string of the molecule is CCc1ccc(CCC(=O)N(C)CCCC(=O)O)cc1. The van der Waals surface area contributed by atoms with Crippen LogP contribution < -0.4 is 0 Å². The molecule has 0 unspecified atom stereocenters. The largest absolute Gasteiger partial charge is 0.481 e. The van der Waals surface area contributed by atoms with Crippen molar-refractivity contribution in [3.63, 3.8) is 0 Å². The number of rotatable bonds is 8. The van der Waals surface area contributed by atoms with E-state index < -0.39 is 5.97 Å². The first kappa shape index (κ1) is 16.2. The number of aryl methyl sites for hydroxylation is 2. The van der Waals surface area contributed by atoms with Crippen molar-refractivity contribution in [2.75, 3.05) is 13.6 Å². The second-order valence-corrected chi connectivity index (χ2v) is 4.98. The molecule has 0 aliphatic rings. The lowest BCUT2D eigenvalue weighted by atomic mass is 10.1. The zero-order chi connectivity index (χ0) is 15.0. The van der Waals surface area contributed by atoms with Gasteiger partial charge in [0.1, 0.15) is 0 Å². The third-order valence-corrected chi connectivity index (χ3v) is 3.37. The van der Waals surface area contributed by atoms with Gasteiger partial charge < -0.3 is 10.0 Å². The Morgan fingerprint density at radius 3 is 2.25 bits per heavy atom. The molecule has 1 aromatic carbocycles. The highest BCUT2D eigenvalue weighted by Crippen LogP contribution is 2.08. The van der Waals surface area contributed by atoms with Crippen molar-refractivity contribution >= 4 is 11.9 Å². The summed E-state index contributed by atoms with van der Waals surface area (Å²) in [6.45, 7) is 2.62. The highest BCUT2D eigenvalue weighted by molar-refractivity contribution is 5.76. The van der Waals surface area contributed by atoms with E-state index in [0.717, 1.165) is 18.4 Å². The third kappa shape index (κ3) is 5.87. The lowest BCUT2D eigenvalue weighted by Gasteiger charge is -2.16. The Hall–Kier alpha value is -1.84. The molecule has 0 atom stereocenters. The van der Waals surface area contributed by atoms with Crippen molar-refractivity contribution in [2.45, 2.75) is 39.0 Å². The van der Waals surface area contributed by atoms with Crippen LogP contribution in [0.2, 0.25) is 0 Å². The standard InChI is InChI=1S/C16H23NO3/c1-3-13-6-8-14(9-7-13)10-11-15(18)17(2)12-4-5-16(19)20/h6-9H,3-5,10-12H2,1-2H3,(H,19,20). The summed E-state index contributed by atoms with van der Waals surface area (Å²) in [5, 5.41) is 8.56. The molecule has 0 aliphatic heterocycles. The molecule has 4 heteroatoms. The molecule has 0 fully saturated rings. The van der Waals surface area contributed by atoms with E-state index in [2.05, 4.69) is 31.2 Å². The number of carboxylic acids is 1. The van der Waals surface area contributed by atoms with Gasteiger partial charge in [-0.05, 0) is 30.4 Å². The van der Waals surface area contributed by atoms with Crippen LogP contribution in [0.5, 0.6) is 0 Å². The fourth-order valence-electron chi connectivity index (χ4n) is 1.98. The Kier molecular flexibility index (Phi) is 6.77. The van der Waals surface area contributed by atoms with Crippen molar-refractivity contribution in [1.29, 1.82) is 0 Å². The maximum absolute atomic E-state index is 11.9. The fourth-order valence-corrected chi connectivity index (χ4v) is 1.98. The van der Waals surface area contributed by atoms with Gasteiger partial charge in [-0.15, -0.1) is 0 Å². The second-order valence-electron chi connectivity index (χ2n) is 4.98. The smallest absolute Gasteiger partial charge is 0.303 e. The van der Waals surface area contributed by atoms with E-state index in [4.69, 9.17) is 5.11 Å². The van der Waals surface area contributed by atoms with Crippen molar-refractivity contribution in [3.05, 3.63) is 35.4 Å². The number of hydrogen-bond donors (Lipinski definition) is 1. The number of carbonyl (C=O) groups is 2. The molecule has 1 rings (SSSR count). The first-order chi connectivity index (χ1) is 9.52. The summed E-state index contributed by atoms with van der Waals surface area (Å²) < 4.78 is 0. The van der Waals surface area contributed by atoms with Crippen LogP contribution in [0.4, 0.5) is 0 Å². The van der Waals surface area contributed by atoms with Crippen molar-refractivity contribution in [1.82, 2.24) is 4.90 Å². The minimum atomic E-state index is -0.818. The number of carboxylic acid groups (broad SMARTS) is 1. The number of benzene rings is 1. The molecule has 0 spiro atoms. The van der Waals surface area contributed by atoms with Gasteiger partial charge in [-0.3, -0.25) is 9.59 Å². The summed E-state index contributed by atoms with van der Waals surface area (Å²) in [4.78, 5) is 23.9. The van der Waals surface area contributed by atoms with Crippen molar-refractivity contribution in [3.8, 4) is 0 Å². The second kappa shape index (κ2) is 8.35. The van der Waals surface area contributed by atoms with Gasteiger partial charge in [-0.1, -0.05) is 31.2 Å². The van der Waals surface area contributed by atoms with Crippen LogP contribution in [0.25, 0.3) is 0 Å². The first-order valence-corrected chi connectivity index (χ1v) is 7.06. The van der Waals surface area contributed by atoms with Crippen molar-refractivity contribution < 1.29 is 14.7 Å². The summed E-state index contributed by atoms with van der Waals surface area (Å²) in [7, 11) is 1.73. The molecule has 0 heterocycles. The molecule has 0 aliphatic carbocycles. The zero-order valence-electron chi connectivity index (χ0n) is 12.3. The van der Waals surface area contributed by atoms with Gasteiger partial charge in [0.15, 0.2) is 0 Å². The maximum atomic E-state index is 11.9. The average Bonchev–Trinajstić information content (AvgIpc) is 2.44. The van der Waals surface area contributed by atoms with Crippen LogP contribution in [0.1, 0.15) is 37.3 Å².